The fraction of sp³-hybridized carbons (Fsp3) is 0.588. The topological polar surface area (TPSA) is 39.1 Å². The number of halogens is 1. The van der Waals surface area contributed by atoms with E-state index in [4.69, 9.17) is 16.9 Å². The summed E-state index contributed by atoms with van der Waals surface area (Å²) in [5.41, 5.74) is 1.72. The summed E-state index contributed by atoms with van der Waals surface area (Å²) in [5, 5.41) is 13.3. The molecule has 2 heterocycles. The van der Waals surface area contributed by atoms with Gasteiger partial charge in [0, 0.05) is 30.4 Å². The van der Waals surface area contributed by atoms with Crippen molar-refractivity contribution in [3.8, 4) is 6.07 Å². The van der Waals surface area contributed by atoms with E-state index < -0.39 is 0 Å². The summed E-state index contributed by atoms with van der Waals surface area (Å²) >= 11 is 6.22. The summed E-state index contributed by atoms with van der Waals surface area (Å²) in [7, 11) is 0. The summed E-state index contributed by atoms with van der Waals surface area (Å²) in [4.78, 5) is 2.50. The normalized spacial score (nSPS) is 27.4. The van der Waals surface area contributed by atoms with Gasteiger partial charge in [-0.2, -0.15) is 5.26 Å². The molecule has 1 aromatic rings. The number of rotatable bonds is 4. The van der Waals surface area contributed by atoms with Gasteiger partial charge in [0.1, 0.15) is 6.07 Å². The zero-order valence-corrected chi connectivity index (χ0v) is 13.2. The lowest BCUT2D eigenvalue weighted by Crippen LogP contribution is -2.48. The zero-order valence-electron chi connectivity index (χ0n) is 12.5. The van der Waals surface area contributed by atoms with Gasteiger partial charge in [-0.15, -0.1) is 0 Å². The van der Waals surface area contributed by atoms with Gasteiger partial charge in [0.15, 0.2) is 0 Å². The molecule has 2 atom stereocenters. The molecule has 2 unspecified atom stereocenters. The Kier molecular flexibility index (Phi) is 4.37. The predicted molar refractivity (Wildman–Crippen MR) is 86.8 cm³/mol. The van der Waals surface area contributed by atoms with Crippen LogP contribution in [0, 0.1) is 11.3 Å². The molecule has 21 heavy (non-hydrogen) atoms. The van der Waals surface area contributed by atoms with Gasteiger partial charge < -0.3 is 10.2 Å². The molecule has 0 aliphatic carbocycles. The van der Waals surface area contributed by atoms with Crippen LogP contribution in [-0.2, 0) is 0 Å². The van der Waals surface area contributed by atoms with Gasteiger partial charge in [0.05, 0.1) is 10.6 Å². The zero-order chi connectivity index (χ0) is 14.8. The highest BCUT2D eigenvalue weighted by Gasteiger charge is 2.36. The van der Waals surface area contributed by atoms with Crippen LogP contribution in [0.3, 0.4) is 0 Å². The Morgan fingerprint density at radius 2 is 2.05 bits per heavy atom. The van der Waals surface area contributed by atoms with Gasteiger partial charge in [0.2, 0.25) is 0 Å². The monoisotopic (exact) mass is 303 g/mol. The minimum Gasteiger partial charge on any atom is -0.368 e. The molecule has 2 aliphatic heterocycles. The Labute approximate surface area is 131 Å². The number of piperidine rings is 1. The van der Waals surface area contributed by atoms with E-state index in [0.717, 1.165) is 18.7 Å². The van der Waals surface area contributed by atoms with Crippen molar-refractivity contribution in [2.75, 3.05) is 11.4 Å². The van der Waals surface area contributed by atoms with Crippen LogP contribution < -0.4 is 10.2 Å². The molecular weight excluding hydrogens is 282 g/mol. The third kappa shape index (κ3) is 3.02. The van der Waals surface area contributed by atoms with Crippen molar-refractivity contribution in [1.29, 1.82) is 5.26 Å². The molecule has 1 N–H and O–H groups in total. The maximum Gasteiger partial charge on any atom is 0.101 e. The number of hydrogen-bond acceptors (Lipinski definition) is 3. The van der Waals surface area contributed by atoms with Crippen molar-refractivity contribution in [3.05, 3.63) is 28.8 Å². The van der Waals surface area contributed by atoms with Gasteiger partial charge in [-0.05, 0) is 50.3 Å². The SMILES string of the molecule is CCCN(c1ccc(C#N)c(Cl)c1)C1CC2CCC(C1)N2. The molecule has 0 amide bonds. The molecule has 0 aromatic heterocycles. The van der Waals surface area contributed by atoms with Crippen LogP contribution in [0.5, 0.6) is 0 Å². The average molecular weight is 304 g/mol. The van der Waals surface area contributed by atoms with Gasteiger partial charge in [0.25, 0.3) is 0 Å². The van der Waals surface area contributed by atoms with Crippen LogP contribution in [-0.4, -0.2) is 24.7 Å². The first-order valence-electron chi connectivity index (χ1n) is 7.93. The molecule has 0 radical (unpaired) electrons. The summed E-state index contributed by atoms with van der Waals surface area (Å²) < 4.78 is 0. The summed E-state index contributed by atoms with van der Waals surface area (Å²) in [6.45, 7) is 3.26. The van der Waals surface area contributed by atoms with Crippen LogP contribution in [0.1, 0.15) is 44.6 Å². The van der Waals surface area contributed by atoms with E-state index in [-0.39, 0.29) is 0 Å². The number of nitrogens with one attached hydrogen (secondary N) is 1. The fourth-order valence-electron chi connectivity index (χ4n) is 3.82. The van der Waals surface area contributed by atoms with Crippen LogP contribution >= 0.6 is 11.6 Å². The second kappa shape index (κ2) is 6.25. The van der Waals surface area contributed by atoms with Gasteiger partial charge in [-0.25, -0.2) is 0 Å². The quantitative estimate of drug-likeness (QED) is 0.921. The molecule has 3 nitrogen and oxygen atoms in total. The maximum absolute atomic E-state index is 9.02. The first-order chi connectivity index (χ1) is 10.2. The van der Waals surface area contributed by atoms with E-state index in [1.807, 2.05) is 18.2 Å². The highest BCUT2D eigenvalue weighted by molar-refractivity contribution is 6.32. The molecule has 0 spiro atoms. The Balaban J connectivity index is 1.84. The van der Waals surface area contributed by atoms with Crippen LogP contribution in [0.4, 0.5) is 5.69 Å². The number of nitriles is 1. The minimum atomic E-state index is 0.558. The third-order valence-corrected chi connectivity index (χ3v) is 5.07. The highest BCUT2D eigenvalue weighted by atomic mass is 35.5. The molecule has 3 rings (SSSR count). The van der Waals surface area contributed by atoms with E-state index in [1.165, 1.54) is 25.7 Å². The number of hydrogen-bond donors (Lipinski definition) is 1. The van der Waals surface area contributed by atoms with E-state index in [2.05, 4.69) is 23.2 Å². The third-order valence-electron chi connectivity index (χ3n) is 4.76. The Morgan fingerprint density at radius 1 is 1.33 bits per heavy atom. The van der Waals surface area contributed by atoms with Crippen LogP contribution in [0.25, 0.3) is 0 Å². The molecule has 1 aromatic carbocycles. The van der Waals surface area contributed by atoms with Gasteiger partial charge >= 0.3 is 0 Å². The van der Waals surface area contributed by atoms with Crippen molar-refractivity contribution >= 4 is 17.3 Å². The van der Waals surface area contributed by atoms with Crippen molar-refractivity contribution in [3.63, 3.8) is 0 Å². The first kappa shape index (κ1) is 14.7. The fourth-order valence-corrected chi connectivity index (χ4v) is 4.04. The largest absolute Gasteiger partial charge is 0.368 e. The van der Waals surface area contributed by atoms with Crippen LogP contribution in [0.2, 0.25) is 5.02 Å². The van der Waals surface area contributed by atoms with Crippen molar-refractivity contribution in [2.24, 2.45) is 0 Å². The van der Waals surface area contributed by atoms with Gasteiger partial charge in [-0.3, -0.25) is 0 Å². The standard InChI is InChI=1S/C17H22ClN3/c1-2-7-21(15-6-3-12(11-19)17(18)10-15)16-8-13-4-5-14(9-16)20-13/h3,6,10,13-14,16,20H,2,4-5,7-9H2,1H3. The second-order valence-electron chi connectivity index (χ2n) is 6.23. The Hall–Kier alpha value is -1.24. The Bertz CT molecular complexity index is 539. The molecular formula is C17H22ClN3. The predicted octanol–water partition coefficient (Wildman–Crippen LogP) is 3.71. The second-order valence-corrected chi connectivity index (χ2v) is 6.64. The number of fused-ring (bicyclic) bond motifs is 2. The van der Waals surface area contributed by atoms with E-state index in [1.54, 1.807) is 0 Å². The molecule has 2 bridgehead atoms. The van der Waals surface area contributed by atoms with Crippen molar-refractivity contribution in [2.45, 2.75) is 57.2 Å². The van der Waals surface area contributed by atoms with Crippen molar-refractivity contribution in [1.82, 2.24) is 5.32 Å². The minimum absolute atomic E-state index is 0.558. The molecule has 2 fully saturated rings. The molecule has 112 valence electrons. The number of benzene rings is 1. The van der Waals surface area contributed by atoms with E-state index in [0.29, 0.717) is 28.7 Å². The average Bonchev–Trinajstić information content (AvgIpc) is 2.83. The summed E-state index contributed by atoms with van der Waals surface area (Å²) in [6, 6.07) is 9.94. The molecule has 0 saturated carbocycles. The summed E-state index contributed by atoms with van der Waals surface area (Å²) in [5.74, 6) is 0. The molecule has 2 aliphatic rings. The van der Waals surface area contributed by atoms with E-state index >= 15 is 0 Å². The maximum atomic E-state index is 9.02. The van der Waals surface area contributed by atoms with Gasteiger partial charge in [-0.1, -0.05) is 18.5 Å². The number of anilines is 1. The van der Waals surface area contributed by atoms with E-state index in [9.17, 15) is 0 Å². The van der Waals surface area contributed by atoms with Crippen molar-refractivity contribution < 1.29 is 0 Å². The first-order valence-corrected chi connectivity index (χ1v) is 8.31. The highest BCUT2D eigenvalue weighted by Crippen LogP contribution is 2.33. The lowest BCUT2D eigenvalue weighted by Gasteiger charge is -2.39. The summed E-state index contributed by atoms with van der Waals surface area (Å²) in [6.07, 6.45) is 6.18. The molecule has 2 saturated heterocycles. The lowest BCUT2D eigenvalue weighted by molar-refractivity contribution is 0.347. The molecule has 4 heteroatoms. The smallest absolute Gasteiger partial charge is 0.101 e. The number of nitrogens with zero attached hydrogens (tertiary/aromatic N) is 2. The lowest BCUT2D eigenvalue weighted by atomic mass is 9.97. The Morgan fingerprint density at radius 3 is 2.62 bits per heavy atom. The van der Waals surface area contributed by atoms with Crippen LogP contribution in [0.15, 0.2) is 18.2 Å².